The van der Waals surface area contributed by atoms with Crippen LogP contribution in [0.1, 0.15) is 11.1 Å². The molecular formula is C20H19N3OS. The Morgan fingerprint density at radius 2 is 1.88 bits per heavy atom. The standard InChI is InChI=1S/C20H19N3OS/c1-23(13-14-8-10-15(24-2)11-9-14)19-16-6-4-5-7-18(16)22-20(25-3)17(19)12-21/h4-11H,13H2,1-3H3. The first-order chi connectivity index (χ1) is 12.2. The fraction of sp³-hybridized carbons (Fsp3) is 0.200. The Morgan fingerprint density at radius 1 is 1.16 bits per heavy atom. The zero-order valence-corrected chi connectivity index (χ0v) is 15.3. The van der Waals surface area contributed by atoms with Crippen LogP contribution in [0.5, 0.6) is 5.75 Å². The zero-order chi connectivity index (χ0) is 17.8. The number of fused-ring (bicyclic) bond motifs is 1. The second kappa shape index (κ2) is 7.45. The summed E-state index contributed by atoms with van der Waals surface area (Å²) in [6.07, 6.45) is 1.95. The van der Waals surface area contributed by atoms with Crippen molar-refractivity contribution in [3.63, 3.8) is 0 Å². The third-order valence-corrected chi connectivity index (χ3v) is 4.78. The summed E-state index contributed by atoms with van der Waals surface area (Å²) in [7, 11) is 3.67. The number of rotatable bonds is 5. The number of anilines is 1. The first-order valence-electron chi connectivity index (χ1n) is 7.88. The predicted molar refractivity (Wildman–Crippen MR) is 103 cm³/mol. The van der Waals surface area contributed by atoms with Gasteiger partial charge in [-0.25, -0.2) is 4.98 Å². The lowest BCUT2D eigenvalue weighted by Crippen LogP contribution is -2.18. The van der Waals surface area contributed by atoms with Crippen LogP contribution in [0, 0.1) is 11.3 Å². The average molecular weight is 349 g/mol. The number of benzene rings is 2. The van der Waals surface area contributed by atoms with Crippen LogP contribution in [0.25, 0.3) is 10.9 Å². The SMILES string of the molecule is COc1ccc(CN(C)c2c(C#N)c(SC)nc3ccccc23)cc1. The Morgan fingerprint density at radius 3 is 2.52 bits per heavy atom. The van der Waals surface area contributed by atoms with Crippen LogP contribution < -0.4 is 9.64 Å². The van der Waals surface area contributed by atoms with Gasteiger partial charge in [0.1, 0.15) is 22.4 Å². The van der Waals surface area contributed by atoms with Crippen LogP contribution in [0.4, 0.5) is 5.69 Å². The maximum Gasteiger partial charge on any atom is 0.118 e. The van der Waals surface area contributed by atoms with Crippen LogP contribution in [0.2, 0.25) is 0 Å². The Kier molecular flexibility index (Phi) is 5.11. The Labute approximate surface area is 152 Å². The van der Waals surface area contributed by atoms with Gasteiger partial charge in [-0.05, 0) is 30.0 Å². The highest BCUT2D eigenvalue weighted by atomic mass is 32.2. The highest BCUT2D eigenvalue weighted by molar-refractivity contribution is 7.98. The molecule has 0 saturated heterocycles. The summed E-state index contributed by atoms with van der Waals surface area (Å²) in [4.78, 5) is 6.75. The number of pyridine rings is 1. The van der Waals surface area contributed by atoms with Gasteiger partial charge in [0.25, 0.3) is 0 Å². The van der Waals surface area contributed by atoms with E-state index in [9.17, 15) is 5.26 Å². The summed E-state index contributed by atoms with van der Waals surface area (Å²) in [6.45, 7) is 0.695. The monoisotopic (exact) mass is 349 g/mol. The van der Waals surface area contributed by atoms with Gasteiger partial charge >= 0.3 is 0 Å². The van der Waals surface area contributed by atoms with Crippen molar-refractivity contribution in [3.05, 3.63) is 59.7 Å². The average Bonchev–Trinajstić information content (AvgIpc) is 2.66. The molecule has 0 unspecified atom stereocenters. The minimum Gasteiger partial charge on any atom is -0.497 e. The van der Waals surface area contributed by atoms with Crippen molar-refractivity contribution in [2.75, 3.05) is 25.3 Å². The summed E-state index contributed by atoms with van der Waals surface area (Å²) in [5.74, 6) is 0.836. The van der Waals surface area contributed by atoms with Crippen molar-refractivity contribution in [2.45, 2.75) is 11.6 Å². The second-order valence-corrected chi connectivity index (χ2v) is 6.47. The number of para-hydroxylation sites is 1. The lowest BCUT2D eigenvalue weighted by atomic mass is 10.1. The molecule has 1 heterocycles. The van der Waals surface area contributed by atoms with Crippen LogP contribution in [0.15, 0.2) is 53.6 Å². The van der Waals surface area contributed by atoms with Gasteiger partial charge in [0.2, 0.25) is 0 Å². The fourth-order valence-electron chi connectivity index (χ4n) is 2.90. The van der Waals surface area contributed by atoms with Crippen molar-refractivity contribution in [2.24, 2.45) is 0 Å². The largest absolute Gasteiger partial charge is 0.497 e. The molecule has 5 heteroatoms. The number of nitrogens with zero attached hydrogens (tertiary/aromatic N) is 3. The van der Waals surface area contributed by atoms with Gasteiger partial charge in [0, 0.05) is 19.0 Å². The minimum absolute atomic E-state index is 0.627. The Bertz CT molecular complexity index is 932. The molecule has 3 aromatic rings. The van der Waals surface area contributed by atoms with Crippen LogP contribution >= 0.6 is 11.8 Å². The van der Waals surface area contributed by atoms with Crippen LogP contribution in [0.3, 0.4) is 0 Å². The zero-order valence-electron chi connectivity index (χ0n) is 14.5. The summed E-state index contributed by atoms with van der Waals surface area (Å²) < 4.78 is 5.22. The highest BCUT2D eigenvalue weighted by Gasteiger charge is 2.18. The number of hydrogen-bond donors (Lipinski definition) is 0. The molecule has 126 valence electrons. The number of aromatic nitrogens is 1. The van der Waals surface area contributed by atoms with E-state index >= 15 is 0 Å². The van der Waals surface area contributed by atoms with E-state index in [-0.39, 0.29) is 0 Å². The molecule has 0 radical (unpaired) electrons. The molecule has 0 spiro atoms. The number of nitriles is 1. The first-order valence-corrected chi connectivity index (χ1v) is 9.11. The van der Waals surface area contributed by atoms with Crippen LogP contribution in [-0.2, 0) is 6.54 Å². The van der Waals surface area contributed by atoms with Crippen molar-refractivity contribution in [3.8, 4) is 11.8 Å². The van der Waals surface area contributed by atoms with Gasteiger partial charge in [-0.15, -0.1) is 11.8 Å². The van der Waals surface area contributed by atoms with E-state index in [0.717, 1.165) is 32.9 Å². The van der Waals surface area contributed by atoms with Crippen molar-refractivity contribution in [1.82, 2.24) is 4.98 Å². The quantitative estimate of drug-likeness (QED) is 0.636. The highest BCUT2D eigenvalue weighted by Crippen LogP contribution is 2.35. The molecule has 1 aromatic heterocycles. The normalized spacial score (nSPS) is 10.5. The van der Waals surface area contributed by atoms with E-state index in [1.54, 1.807) is 7.11 Å². The first kappa shape index (κ1) is 17.1. The van der Waals surface area contributed by atoms with Crippen molar-refractivity contribution >= 4 is 28.4 Å². The maximum absolute atomic E-state index is 9.73. The van der Waals surface area contributed by atoms with Gasteiger partial charge in [0.15, 0.2) is 0 Å². The van der Waals surface area contributed by atoms with E-state index in [2.05, 4.69) is 16.0 Å². The maximum atomic E-state index is 9.73. The minimum atomic E-state index is 0.627. The molecule has 0 bridgehead atoms. The molecule has 0 amide bonds. The molecule has 2 aromatic carbocycles. The van der Waals surface area contributed by atoms with E-state index in [1.165, 1.54) is 11.8 Å². The molecule has 0 aliphatic heterocycles. The smallest absolute Gasteiger partial charge is 0.118 e. The number of ether oxygens (including phenoxy) is 1. The van der Waals surface area contributed by atoms with Crippen molar-refractivity contribution in [1.29, 1.82) is 5.26 Å². The third kappa shape index (κ3) is 3.40. The fourth-order valence-corrected chi connectivity index (χ4v) is 3.44. The van der Waals surface area contributed by atoms with E-state index < -0.39 is 0 Å². The Balaban J connectivity index is 2.07. The lowest BCUT2D eigenvalue weighted by Gasteiger charge is -2.23. The van der Waals surface area contributed by atoms with Gasteiger partial charge in [-0.2, -0.15) is 5.26 Å². The molecule has 0 fully saturated rings. The number of hydrogen-bond acceptors (Lipinski definition) is 5. The number of methoxy groups -OCH3 is 1. The summed E-state index contributed by atoms with van der Waals surface area (Å²) in [5, 5.41) is 11.5. The lowest BCUT2D eigenvalue weighted by molar-refractivity contribution is 0.414. The van der Waals surface area contributed by atoms with E-state index in [4.69, 9.17) is 4.74 Å². The Hall–Kier alpha value is -2.71. The van der Waals surface area contributed by atoms with Gasteiger partial charge in [-0.1, -0.05) is 30.3 Å². The number of thioether (sulfide) groups is 1. The summed E-state index contributed by atoms with van der Waals surface area (Å²) in [5.41, 5.74) is 3.61. The topological polar surface area (TPSA) is 49.1 Å². The van der Waals surface area contributed by atoms with Gasteiger partial charge < -0.3 is 9.64 Å². The second-order valence-electron chi connectivity index (χ2n) is 5.68. The van der Waals surface area contributed by atoms with E-state index in [0.29, 0.717) is 12.1 Å². The molecule has 0 atom stereocenters. The molecule has 0 aliphatic rings. The molecule has 0 saturated carbocycles. The van der Waals surface area contributed by atoms with Gasteiger partial charge in [0.05, 0.1) is 18.3 Å². The molecule has 0 N–H and O–H groups in total. The van der Waals surface area contributed by atoms with Crippen LogP contribution in [-0.4, -0.2) is 25.4 Å². The van der Waals surface area contributed by atoms with Gasteiger partial charge in [-0.3, -0.25) is 0 Å². The molecule has 4 nitrogen and oxygen atoms in total. The molecular weight excluding hydrogens is 330 g/mol. The summed E-state index contributed by atoms with van der Waals surface area (Å²) in [6, 6.07) is 18.3. The summed E-state index contributed by atoms with van der Waals surface area (Å²) >= 11 is 1.50. The molecule has 0 aliphatic carbocycles. The predicted octanol–water partition coefficient (Wildman–Crippen LogP) is 4.47. The third-order valence-electron chi connectivity index (χ3n) is 4.10. The molecule has 25 heavy (non-hydrogen) atoms. The van der Waals surface area contributed by atoms with E-state index in [1.807, 2.05) is 61.8 Å². The van der Waals surface area contributed by atoms with Crippen molar-refractivity contribution < 1.29 is 4.74 Å². The molecule has 3 rings (SSSR count).